The van der Waals surface area contributed by atoms with Crippen LogP contribution in [0.2, 0.25) is 0 Å². The molecule has 0 saturated carbocycles. The third kappa shape index (κ3) is 4.36. The molecule has 5 nitrogen and oxygen atoms in total. The van der Waals surface area contributed by atoms with Crippen LogP contribution in [0.25, 0.3) is 0 Å². The smallest absolute Gasteiger partial charge is 0.160 e. The molecule has 19 heavy (non-hydrogen) atoms. The predicted octanol–water partition coefficient (Wildman–Crippen LogP) is 1.11. The average molecular weight is 264 g/mol. The molecule has 1 aromatic rings. The number of anilines is 1. The van der Waals surface area contributed by atoms with E-state index < -0.39 is 0 Å². The molecule has 0 unspecified atom stereocenters. The molecule has 106 valence electrons. The molecule has 2 rings (SSSR count). The van der Waals surface area contributed by atoms with Gasteiger partial charge in [-0.05, 0) is 26.0 Å². The molecule has 0 aliphatic carbocycles. The molecule has 1 aliphatic rings. The Hall–Kier alpha value is -1.33. The first kappa shape index (κ1) is 14.1. The summed E-state index contributed by atoms with van der Waals surface area (Å²) in [5.41, 5.74) is 2.04. The SMILES string of the molecule is COc1cnc(C)cc1NCCCN1CCNCC1. The van der Waals surface area contributed by atoms with Gasteiger partial charge in [-0.1, -0.05) is 0 Å². The standard InChI is InChI=1S/C14H24N4O/c1-12-10-13(14(19-2)11-17-12)16-4-3-7-18-8-5-15-6-9-18/h10-11,15H,3-9H2,1-2H3,(H,16,17). The van der Waals surface area contributed by atoms with Gasteiger partial charge in [0.15, 0.2) is 5.75 Å². The fraction of sp³-hybridized carbons (Fsp3) is 0.643. The van der Waals surface area contributed by atoms with Crippen LogP contribution in [0.5, 0.6) is 5.75 Å². The van der Waals surface area contributed by atoms with Crippen molar-refractivity contribution in [2.75, 3.05) is 51.7 Å². The normalized spacial score (nSPS) is 16.3. The zero-order chi connectivity index (χ0) is 13.5. The summed E-state index contributed by atoms with van der Waals surface area (Å²) in [5.74, 6) is 0.813. The minimum absolute atomic E-state index is 0.813. The lowest BCUT2D eigenvalue weighted by molar-refractivity contribution is 0.240. The van der Waals surface area contributed by atoms with Gasteiger partial charge in [0.2, 0.25) is 0 Å². The molecule has 2 heterocycles. The lowest BCUT2D eigenvalue weighted by atomic mass is 10.3. The lowest BCUT2D eigenvalue weighted by Crippen LogP contribution is -2.44. The van der Waals surface area contributed by atoms with Crippen molar-refractivity contribution in [3.63, 3.8) is 0 Å². The van der Waals surface area contributed by atoms with E-state index in [0.29, 0.717) is 0 Å². The van der Waals surface area contributed by atoms with Crippen LogP contribution in [0.4, 0.5) is 5.69 Å². The fourth-order valence-corrected chi connectivity index (χ4v) is 2.31. The number of aryl methyl sites for hydroxylation is 1. The number of aromatic nitrogens is 1. The van der Waals surface area contributed by atoms with Gasteiger partial charge in [-0.25, -0.2) is 0 Å². The van der Waals surface area contributed by atoms with Gasteiger partial charge >= 0.3 is 0 Å². The summed E-state index contributed by atoms with van der Waals surface area (Å²) >= 11 is 0. The highest BCUT2D eigenvalue weighted by Gasteiger charge is 2.08. The number of nitrogens with zero attached hydrogens (tertiary/aromatic N) is 2. The van der Waals surface area contributed by atoms with Crippen LogP contribution in [0.15, 0.2) is 12.3 Å². The molecule has 0 radical (unpaired) electrons. The van der Waals surface area contributed by atoms with Crippen molar-refractivity contribution in [3.8, 4) is 5.75 Å². The Bertz CT molecular complexity index is 391. The van der Waals surface area contributed by atoms with Crippen LogP contribution >= 0.6 is 0 Å². The average Bonchev–Trinajstić information content (AvgIpc) is 2.45. The number of pyridine rings is 1. The van der Waals surface area contributed by atoms with E-state index in [1.165, 1.54) is 0 Å². The van der Waals surface area contributed by atoms with E-state index >= 15 is 0 Å². The van der Waals surface area contributed by atoms with Crippen molar-refractivity contribution in [2.45, 2.75) is 13.3 Å². The summed E-state index contributed by atoms with van der Waals surface area (Å²) in [6.07, 6.45) is 2.92. The summed E-state index contributed by atoms with van der Waals surface area (Å²) in [6.45, 7) is 8.67. The molecule has 2 N–H and O–H groups in total. The molecule has 0 spiro atoms. The Morgan fingerprint density at radius 3 is 2.95 bits per heavy atom. The number of nitrogens with one attached hydrogen (secondary N) is 2. The second kappa shape index (κ2) is 7.31. The largest absolute Gasteiger partial charge is 0.493 e. The number of piperazine rings is 1. The maximum absolute atomic E-state index is 5.30. The molecule has 1 aliphatic heterocycles. The van der Waals surface area contributed by atoms with Crippen LogP contribution in [-0.4, -0.2) is 56.3 Å². The van der Waals surface area contributed by atoms with E-state index in [9.17, 15) is 0 Å². The minimum atomic E-state index is 0.813. The summed E-state index contributed by atoms with van der Waals surface area (Å²) in [5, 5.41) is 6.81. The molecule has 1 aromatic heterocycles. The molecule has 1 saturated heterocycles. The summed E-state index contributed by atoms with van der Waals surface area (Å²) in [4.78, 5) is 6.74. The predicted molar refractivity (Wildman–Crippen MR) is 77.9 cm³/mol. The summed E-state index contributed by atoms with van der Waals surface area (Å²) < 4.78 is 5.30. The van der Waals surface area contributed by atoms with Crippen LogP contribution < -0.4 is 15.4 Å². The van der Waals surface area contributed by atoms with Crippen molar-refractivity contribution in [2.24, 2.45) is 0 Å². The van der Waals surface area contributed by atoms with Gasteiger partial charge in [-0.2, -0.15) is 0 Å². The van der Waals surface area contributed by atoms with Crippen molar-refractivity contribution in [1.29, 1.82) is 0 Å². The summed E-state index contributed by atoms with van der Waals surface area (Å²) in [6, 6.07) is 2.03. The molecule has 0 bridgehead atoms. The maximum atomic E-state index is 5.30. The van der Waals surface area contributed by atoms with E-state index in [-0.39, 0.29) is 0 Å². The Kier molecular flexibility index (Phi) is 5.42. The van der Waals surface area contributed by atoms with Crippen molar-refractivity contribution >= 4 is 5.69 Å². The van der Waals surface area contributed by atoms with Crippen molar-refractivity contribution in [3.05, 3.63) is 18.0 Å². The molecule has 0 amide bonds. The topological polar surface area (TPSA) is 49.4 Å². The Balaban J connectivity index is 1.74. The summed E-state index contributed by atoms with van der Waals surface area (Å²) in [7, 11) is 1.68. The molecule has 5 heteroatoms. The lowest BCUT2D eigenvalue weighted by Gasteiger charge is -2.27. The molecular formula is C14H24N4O. The molecule has 0 aromatic carbocycles. The minimum Gasteiger partial charge on any atom is -0.493 e. The first-order chi connectivity index (χ1) is 9.29. The maximum Gasteiger partial charge on any atom is 0.160 e. The first-order valence-electron chi connectivity index (χ1n) is 6.97. The zero-order valence-electron chi connectivity index (χ0n) is 11.9. The van der Waals surface area contributed by atoms with Gasteiger partial charge in [0.1, 0.15) is 0 Å². The molecule has 0 atom stereocenters. The van der Waals surface area contributed by atoms with Crippen LogP contribution in [-0.2, 0) is 0 Å². The third-order valence-electron chi connectivity index (χ3n) is 3.40. The number of rotatable bonds is 6. The zero-order valence-corrected chi connectivity index (χ0v) is 11.9. The molecular weight excluding hydrogens is 240 g/mol. The highest BCUT2D eigenvalue weighted by Crippen LogP contribution is 2.23. The van der Waals surface area contributed by atoms with E-state index in [4.69, 9.17) is 4.74 Å². The van der Waals surface area contributed by atoms with Gasteiger partial charge in [-0.15, -0.1) is 0 Å². The van der Waals surface area contributed by atoms with E-state index in [2.05, 4.69) is 20.5 Å². The number of hydrogen-bond acceptors (Lipinski definition) is 5. The Morgan fingerprint density at radius 1 is 1.42 bits per heavy atom. The van der Waals surface area contributed by atoms with Crippen molar-refractivity contribution < 1.29 is 4.74 Å². The van der Waals surface area contributed by atoms with E-state index in [0.717, 1.165) is 62.8 Å². The Morgan fingerprint density at radius 2 is 2.21 bits per heavy atom. The first-order valence-corrected chi connectivity index (χ1v) is 6.97. The molecule has 1 fully saturated rings. The van der Waals surface area contributed by atoms with Crippen LogP contribution in [0.1, 0.15) is 12.1 Å². The number of ether oxygens (including phenoxy) is 1. The van der Waals surface area contributed by atoms with Crippen molar-refractivity contribution in [1.82, 2.24) is 15.2 Å². The monoisotopic (exact) mass is 264 g/mol. The quantitative estimate of drug-likeness (QED) is 0.754. The second-order valence-electron chi connectivity index (χ2n) is 4.90. The number of hydrogen-bond donors (Lipinski definition) is 2. The van der Waals surface area contributed by atoms with Gasteiger partial charge < -0.3 is 20.3 Å². The van der Waals surface area contributed by atoms with Gasteiger partial charge in [0.05, 0.1) is 19.0 Å². The van der Waals surface area contributed by atoms with Gasteiger partial charge in [0.25, 0.3) is 0 Å². The Labute approximate surface area is 115 Å². The van der Waals surface area contributed by atoms with Gasteiger partial charge in [-0.3, -0.25) is 4.98 Å². The van der Waals surface area contributed by atoms with E-state index in [1.807, 2.05) is 13.0 Å². The van der Waals surface area contributed by atoms with Crippen LogP contribution in [0.3, 0.4) is 0 Å². The van der Waals surface area contributed by atoms with Gasteiger partial charge in [0, 0.05) is 38.4 Å². The third-order valence-corrected chi connectivity index (χ3v) is 3.40. The highest BCUT2D eigenvalue weighted by atomic mass is 16.5. The number of methoxy groups -OCH3 is 1. The van der Waals surface area contributed by atoms with Crippen LogP contribution in [0, 0.1) is 6.92 Å². The second-order valence-corrected chi connectivity index (χ2v) is 4.90. The fourth-order valence-electron chi connectivity index (χ4n) is 2.31. The van der Waals surface area contributed by atoms with E-state index in [1.54, 1.807) is 13.3 Å². The highest BCUT2D eigenvalue weighted by molar-refractivity contribution is 5.55.